The van der Waals surface area contributed by atoms with Crippen molar-refractivity contribution in [2.75, 3.05) is 13.2 Å². The topological polar surface area (TPSA) is 71.1 Å². The first-order valence-corrected chi connectivity index (χ1v) is 9.88. The van der Waals surface area contributed by atoms with Gasteiger partial charge >= 0.3 is 11.9 Å². The SMILES string of the molecule is CCO[C@@H]1C[C@H](OC(=O)c2ccc(Cl)cc2)[C@H](OC(=O)c2ccc(Cl)cc2)CO1. The third kappa shape index (κ3) is 5.93. The molecule has 0 aliphatic carbocycles. The smallest absolute Gasteiger partial charge is 0.338 e. The quantitative estimate of drug-likeness (QED) is 0.617. The molecule has 0 aromatic heterocycles. The van der Waals surface area contributed by atoms with Crippen LogP contribution >= 0.6 is 23.2 Å². The van der Waals surface area contributed by atoms with Gasteiger partial charge in [-0.15, -0.1) is 0 Å². The third-order valence-electron chi connectivity index (χ3n) is 4.32. The molecule has 0 saturated carbocycles. The lowest BCUT2D eigenvalue weighted by Gasteiger charge is -2.34. The van der Waals surface area contributed by atoms with Crippen LogP contribution in [0.25, 0.3) is 0 Å². The largest absolute Gasteiger partial charge is 0.455 e. The van der Waals surface area contributed by atoms with Gasteiger partial charge in [0.05, 0.1) is 17.7 Å². The Morgan fingerprint density at radius 1 is 0.897 bits per heavy atom. The molecule has 2 aromatic rings. The maximum Gasteiger partial charge on any atom is 0.338 e. The van der Waals surface area contributed by atoms with Crippen LogP contribution in [0.2, 0.25) is 10.0 Å². The number of benzene rings is 2. The normalized spacial score (nSPS) is 21.4. The summed E-state index contributed by atoms with van der Waals surface area (Å²) in [5.41, 5.74) is 0.681. The summed E-state index contributed by atoms with van der Waals surface area (Å²) in [5, 5.41) is 1.02. The van der Waals surface area contributed by atoms with Gasteiger partial charge in [0.15, 0.2) is 12.4 Å². The van der Waals surface area contributed by atoms with Crippen molar-refractivity contribution in [2.45, 2.75) is 31.8 Å². The highest BCUT2D eigenvalue weighted by Crippen LogP contribution is 2.24. The van der Waals surface area contributed by atoms with Crippen molar-refractivity contribution in [2.24, 2.45) is 0 Å². The number of hydrogen-bond donors (Lipinski definition) is 0. The molecule has 0 amide bonds. The maximum atomic E-state index is 12.5. The van der Waals surface area contributed by atoms with Crippen LogP contribution in [0.1, 0.15) is 34.1 Å². The van der Waals surface area contributed by atoms with E-state index >= 15 is 0 Å². The number of hydrogen-bond acceptors (Lipinski definition) is 6. The van der Waals surface area contributed by atoms with Crippen LogP contribution in [0.3, 0.4) is 0 Å². The minimum Gasteiger partial charge on any atom is -0.455 e. The lowest BCUT2D eigenvalue weighted by molar-refractivity contribution is -0.215. The Hall–Kier alpha value is -2.12. The van der Waals surface area contributed by atoms with Crippen LogP contribution in [0.4, 0.5) is 0 Å². The highest BCUT2D eigenvalue weighted by atomic mass is 35.5. The van der Waals surface area contributed by atoms with Gasteiger partial charge in [0, 0.05) is 23.1 Å². The Kier molecular flexibility index (Phi) is 7.50. The number of rotatable bonds is 6. The molecule has 0 N–H and O–H groups in total. The van der Waals surface area contributed by atoms with E-state index in [4.69, 9.17) is 42.1 Å². The molecule has 29 heavy (non-hydrogen) atoms. The number of esters is 2. The van der Waals surface area contributed by atoms with Crippen molar-refractivity contribution in [3.63, 3.8) is 0 Å². The van der Waals surface area contributed by atoms with E-state index in [2.05, 4.69) is 0 Å². The Balaban J connectivity index is 1.71. The van der Waals surface area contributed by atoms with Crippen LogP contribution in [0.5, 0.6) is 0 Å². The third-order valence-corrected chi connectivity index (χ3v) is 4.82. The molecule has 3 atom stereocenters. The van der Waals surface area contributed by atoms with Crippen molar-refractivity contribution in [3.8, 4) is 0 Å². The van der Waals surface area contributed by atoms with Gasteiger partial charge < -0.3 is 18.9 Å². The van der Waals surface area contributed by atoms with Gasteiger partial charge in [0.1, 0.15) is 6.10 Å². The second kappa shape index (κ2) is 10.1. The van der Waals surface area contributed by atoms with E-state index in [1.54, 1.807) is 48.5 Å². The first-order valence-electron chi connectivity index (χ1n) is 9.12. The average Bonchev–Trinajstić information content (AvgIpc) is 2.71. The number of carbonyl (C=O) groups is 2. The van der Waals surface area contributed by atoms with E-state index in [-0.39, 0.29) is 13.0 Å². The fourth-order valence-electron chi connectivity index (χ4n) is 2.84. The minimum atomic E-state index is -0.772. The van der Waals surface area contributed by atoms with Gasteiger partial charge in [-0.1, -0.05) is 23.2 Å². The molecular formula is C21H20Cl2O6. The molecular weight excluding hydrogens is 419 g/mol. The zero-order valence-corrected chi connectivity index (χ0v) is 17.2. The van der Waals surface area contributed by atoms with Crippen molar-refractivity contribution in [3.05, 3.63) is 69.7 Å². The molecule has 1 fully saturated rings. The van der Waals surface area contributed by atoms with Crippen LogP contribution in [0, 0.1) is 0 Å². The van der Waals surface area contributed by atoms with E-state index in [9.17, 15) is 9.59 Å². The van der Waals surface area contributed by atoms with Crippen molar-refractivity contribution in [1.29, 1.82) is 0 Å². The zero-order valence-electron chi connectivity index (χ0n) is 15.7. The highest BCUT2D eigenvalue weighted by Gasteiger charge is 2.37. The standard InChI is InChI=1S/C21H20Cl2O6/c1-2-26-19-11-17(28-20(24)13-3-7-15(22)8-4-13)18(12-27-19)29-21(25)14-5-9-16(23)10-6-14/h3-10,17-19H,2,11-12H2,1H3/t17-,18+,19-/m0/s1. The fourth-order valence-corrected chi connectivity index (χ4v) is 3.09. The lowest BCUT2D eigenvalue weighted by Crippen LogP contribution is -2.47. The van der Waals surface area contributed by atoms with Gasteiger partial charge in [-0.2, -0.15) is 0 Å². The summed E-state index contributed by atoms with van der Waals surface area (Å²) in [5.74, 6) is -1.10. The van der Waals surface area contributed by atoms with E-state index in [0.29, 0.717) is 27.8 Å². The van der Waals surface area contributed by atoms with Gasteiger partial charge in [0.25, 0.3) is 0 Å². The second-order valence-corrected chi connectivity index (χ2v) is 7.23. The summed E-state index contributed by atoms with van der Waals surface area (Å²) in [6.45, 7) is 2.32. The number of carbonyl (C=O) groups excluding carboxylic acids is 2. The molecule has 6 nitrogen and oxygen atoms in total. The summed E-state index contributed by atoms with van der Waals surface area (Å²) < 4.78 is 22.2. The van der Waals surface area contributed by atoms with Gasteiger partial charge in [-0.25, -0.2) is 9.59 Å². The predicted molar refractivity (Wildman–Crippen MR) is 107 cm³/mol. The van der Waals surface area contributed by atoms with Gasteiger partial charge in [0.2, 0.25) is 0 Å². The van der Waals surface area contributed by atoms with Crippen molar-refractivity contribution < 1.29 is 28.5 Å². The maximum absolute atomic E-state index is 12.5. The molecule has 0 radical (unpaired) electrons. The van der Waals surface area contributed by atoms with Gasteiger partial charge in [-0.05, 0) is 55.5 Å². The van der Waals surface area contributed by atoms with E-state index in [0.717, 1.165) is 0 Å². The minimum absolute atomic E-state index is 0.0442. The zero-order chi connectivity index (χ0) is 20.8. The molecule has 1 aliphatic rings. The Morgan fingerprint density at radius 2 is 1.38 bits per heavy atom. The van der Waals surface area contributed by atoms with E-state index in [1.165, 1.54) is 0 Å². The molecule has 0 spiro atoms. The lowest BCUT2D eigenvalue weighted by atomic mass is 10.1. The van der Waals surface area contributed by atoms with Crippen molar-refractivity contribution in [1.82, 2.24) is 0 Å². The summed E-state index contributed by atoms with van der Waals surface area (Å²) in [6.07, 6.45) is -1.80. The summed E-state index contributed by atoms with van der Waals surface area (Å²) >= 11 is 11.7. The predicted octanol–water partition coefficient (Wildman–Crippen LogP) is 4.53. The molecule has 8 heteroatoms. The first kappa shape index (κ1) is 21.6. The van der Waals surface area contributed by atoms with E-state index in [1.807, 2.05) is 6.92 Å². The monoisotopic (exact) mass is 438 g/mol. The Labute approximate surface area is 178 Å². The molecule has 1 heterocycles. The van der Waals surface area contributed by atoms with Gasteiger partial charge in [-0.3, -0.25) is 0 Å². The average molecular weight is 439 g/mol. The Morgan fingerprint density at radius 3 is 1.86 bits per heavy atom. The molecule has 2 aromatic carbocycles. The van der Waals surface area contributed by atoms with Crippen LogP contribution in [-0.4, -0.2) is 43.7 Å². The molecule has 1 saturated heterocycles. The van der Waals surface area contributed by atoms with Crippen molar-refractivity contribution >= 4 is 35.1 Å². The summed E-state index contributed by atoms with van der Waals surface area (Å²) in [7, 11) is 0. The number of ether oxygens (including phenoxy) is 4. The van der Waals surface area contributed by atoms with Crippen LogP contribution in [-0.2, 0) is 18.9 Å². The molecule has 3 rings (SSSR count). The van der Waals surface area contributed by atoms with E-state index < -0.39 is 30.4 Å². The summed E-state index contributed by atoms with van der Waals surface area (Å²) in [4.78, 5) is 25.0. The Bertz CT molecular complexity index is 837. The van der Waals surface area contributed by atoms with Crippen LogP contribution in [0.15, 0.2) is 48.5 Å². The second-order valence-electron chi connectivity index (χ2n) is 6.36. The molecule has 0 unspecified atom stereocenters. The fraction of sp³-hybridized carbons (Fsp3) is 0.333. The highest BCUT2D eigenvalue weighted by molar-refractivity contribution is 6.30. The summed E-state index contributed by atoms with van der Waals surface area (Å²) in [6, 6.07) is 12.7. The molecule has 1 aliphatic heterocycles. The van der Waals surface area contributed by atoms with Crippen LogP contribution < -0.4 is 0 Å². The molecule has 0 bridgehead atoms. The first-order chi connectivity index (χ1) is 14.0. The number of halogens is 2. The molecule has 154 valence electrons.